The van der Waals surface area contributed by atoms with Gasteiger partial charge in [0, 0.05) is 5.69 Å². The number of nitrogens with zero attached hydrogens (tertiary/aromatic N) is 1. The Balaban J connectivity index is 1.93. The first-order valence-corrected chi connectivity index (χ1v) is 9.80. The fourth-order valence-electron chi connectivity index (χ4n) is 3.43. The molecule has 0 spiro atoms. The average molecular weight is 414 g/mol. The summed E-state index contributed by atoms with van der Waals surface area (Å²) in [4.78, 5) is 12.6. The number of halogens is 1. The van der Waals surface area contributed by atoms with Crippen LogP contribution >= 0.6 is 0 Å². The molecule has 0 bridgehead atoms. The van der Waals surface area contributed by atoms with Crippen molar-refractivity contribution < 1.29 is 13.9 Å². The third kappa shape index (κ3) is 5.80. The normalized spacial score (nSPS) is 11.0. The van der Waals surface area contributed by atoms with Crippen LogP contribution in [0.15, 0.2) is 66.2 Å². The second-order valence-corrected chi connectivity index (χ2v) is 7.37. The zero-order chi connectivity index (χ0) is 22.4. The van der Waals surface area contributed by atoms with Gasteiger partial charge >= 0.3 is 0 Å². The molecule has 0 radical (unpaired) electrons. The number of amides is 1. The molecule has 31 heavy (non-hydrogen) atoms. The Bertz CT molecular complexity index is 1150. The Morgan fingerprint density at radius 3 is 2.35 bits per heavy atom. The second-order valence-electron chi connectivity index (χ2n) is 7.37. The highest BCUT2D eigenvalue weighted by molar-refractivity contribution is 6.09. The molecule has 0 unspecified atom stereocenters. The van der Waals surface area contributed by atoms with Gasteiger partial charge in [0.1, 0.15) is 23.2 Å². The summed E-state index contributed by atoms with van der Waals surface area (Å²) in [6.07, 6.45) is 2.19. The van der Waals surface area contributed by atoms with Crippen molar-refractivity contribution >= 4 is 17.7 Å². The van der Waals surface area contributed by atoms with Gasteiger partial charge in [-0.3, -0.25) is 4.79 Å². The van der Waals surface area contributed by atoms with Gasteiger partial charge in [0.15, 0.2) is 0 Å². The summed E-state index contributed by atoms with van der Waals surface area (Å²) in [6.45, 7) is 4.10. The van der Waals surface area contributed by atoms with E-state index in [1.807, 2.05) is 18.2 Å². The average Bonchev–Trinajstić information content (AvgIpc) is 2.73. The van der Waals surface area contributed by atoms with E-state index < -0.39 is 11.7 Å². The van der Waals surface area contributed by atoms with Crippen molar-refractivity contribution in [2.75, 3.05) is 12.4 Å². The summed E-state index contributed by atoms with van der Waals surface area (Å²) in [5.74, 6) is -0.253. The maximum absolute atomic E-state index is 13.1. The van der Waals surface area contributed by atoms with Crippen molar-refractivity contribution in [3.8, 4) is 11.8 Å². The third-order valence-electron chi connectivity index (χ3n) is 4.79. The molecule has 0 saturated carbocycles. The first-order chi connectivity index (χ1) is 14.9. The highest BCUT2D eigenvalue weighted by atomic mass is 19.1. The molecular formula is C26H23FN2O2. The van der Waals surface area contributed by atoms with Crippen LogP contribution in [0.2, 0.25) is 0 Å². The summed E-state index contributed by atoms with van der Waals surface area (Å²) in [5, 5.41) is 12.2. The van der Waals surface area contributed by atoms with Crippen molar-refractivity contribution in [2.24, 2.45) is 0 Å². The first kappa shape index (κ1) is 21.8. The maximum atomic E-state index is 13.1. The Morgan fingerprint density at radius 1 is 1.06 bits per heavy atom. The number of methoxy groups -OCH3 is 1. The molecule has 0 aliphatic carbocycles. The summed E-state index contributed by atoms with van der Waals surface area (Å²) in [5.41, 5.74) is 5.54. The smallest absolute Gasteiger partial charge is 0.266 e. The maximum Gasteiger partial charge on any atom is 0.266 e. The van der Waals surface area contributed by atoms with Gasteiger partial charge in [-0.15, -0.1) is 0 Å². The molecule has 3 aromatic rings. The van der Waals surface area contributed by atoms with Crippen LogP contribution in [0.5, 0.6) is 5.75 Å². The van der Waals surface area contributed by atoms with Gasteiger partial charge < -0.3 is 10.1 Å². The van der Waals surface area contributed by atoms with E-state index >= 15 is 0 Å². The minimum absolute atomic E-state index is 0.0452. The number of hydrogen-bond donors (Lipinski definition) is 1. The zero-order valence-electron chi connectivity index (χ0n) is 17.7. The highest BCUT2D eigenvalue weighted by Gasteiger charge is 2.12. The second kappa shape index (κ2) is 9.73. The SMILES string of the molecule is COc1ccc(/C=C(\C#N)C(=O)Nc2ccc(F)cc2)c(Cc2cc(C)cc(C)c2)c1. The highest BCUT2D eigenvalue weighted by Crippen LogP contribution is 2.24. The van der Waals surface area contributed by atoms with Crippen molar-refractivity contribution in [3.63, 3.8) is 0 Å². The number of carbonyl (C=O) groups is 1. The van der Waals surface area contributed by atoms with E-state index in [9.17, 15) is 14.4 Å². The Kier molecular flexibility index (Phi) is 6.84. The quantitative estimate of drug-likeness (QED) is 0.423. The van der Waals surface area contributed by atoms with Gasteiger partial charge in [-0.2, -0.15) is 5.26 Å². The van der Waals surface area contributed by atoms with Crippen molar-refractivity contribution in [1.29, 1.82) is 5.26 Å². The van der Waals surface area contributed by atoms with E-state index in [1.165, 1.54) is 35.4 Å². The number of ether oxygens (including phenoxy) is 1. The van der Waals surface area contributed by atoms with Crippen LogP contribution in [-0.4, -0.2) is 13.0 Å². The number of benzene rings is 3. The molecule has 5 heteroatoms. The van der Waals surface area contributed by atoms with Crippen LogP contribution in [0.4, 0.5) is 10.1 Å². The molecule has 0 aliphatic heterocycles. The summed E-state index contributed by atoms with van der Waals surface area (Å²) < 4.78 is 18.5. The van der Waals surface area contributed by atoms with Gasteiger partial charge in [-0.05, 0) is 79.4 Å². The lowest BCUT2D eigenvalue weighted by atomic mass is 9.96. The number of carbonyl (C=O) groups excluding carboxylic acids is 1. The largest absolute Gasteiger partial charge is 0.497 e. The predicted octanol–water partition coefficient (Wildman–Crippen LogP) is 5.59. The summed E-state index contributed by atoms with van der Waals surface area (Å²) in [6, 6.07) is 19.2. The lowest BCUT2D eigenvalue weighted by Crippen LogP contribution is -2.13. The van der Waals surface area contributed by atoms with E-state index in [4.69, 9.17) is 4.74 Å². The molecule has 1 N–H and O–H groups in total. The molecule has 0 saturated heterocycles. The standard InChI is InChI=1S/C26H23FN2O2/c1-17-10-18(2)12-19(11-17)13-21-15-25(31-3)9-4-20(21)14-22(16-28)26(30)29-24-7-5-23(27)6-8-24/h4-12,14-15H,13H2,1-3H3,(H,29,30)/b22-14+. The molecule has 0 aliphatic rings. The van der Waals surface area contributed by atoms with Crippen LogP contribution < -0.4 is 10.1 Å². The van der Waals surface area contributed by atoms with Crippen LogP contribution in [-0.2, 0) is 11.2 Å². The van der Waals surface area contributed by atoms with Crippen LogP contribution in [0.1, 0.15) is 27.8 Å². The lowest BCUT2D eigenvalue weighted by molar-refractivity contribution is -0.112. The fraction of sp³-hybridized carbons (Fsp3) is 0.154. The molecule has 0 atom stereocenters. The first-order valence-electron chi connectivity index (χ1n) is 9.80. The van der Waals surface area contributed by atoms with Gasteiger partial charge in [0.25, 0.3) is 5.91 Å². The van der Waals surface area contributed by atoms with E-state index in [0.29, 0.717) is 17.9 Å². The molecule has 156 valence electrons. The number of anilines is 1. The molecule has 4 nitrogen and oxygen atoms in total. The van der Waals surface area contributed by atoms with E-state index in [-0.39, 0.29) is 5.57 Å². The van der Waals surface area contributed by atoms with Crippen LogP contribution in [0.25, 0.3) is 6.08 Å². The van der Waals surface area contributed by atoms with Crippen molar-refractivity contribution in [3.05, 3.63) is 99.9 Å². The summed E-state index contributed by atoms with van der Waals surface area (Å²) >= 11 is 0. The van der Waals surface area contributed by atoms with E-state index in [0.717, 1.165) is 16.7 Å². The molecule has 0 heterocycles. The number of hydrogen-bond acceptors (Lipinski definition) is 3. The number of rotatable bonds is 6. The Labute approximate surface area is 181 Å². The number of aryl methyl sites for hydroxylation is 2. The fourth-order valence-corrected chi connectivity index (χ4v) is 3.43. The Morgan fingerprint density at radius 2 is 1.74 bits per heavy atom. The molecule has 0 aromatic heterocycles. The van der Waals surface area contributed by atoms with Gasteiger partial charge in [0.05, 0.1) is 7.11 Å². The van der Waals surface area contributed by atoms with Crippen molar-refractivity contribution in [2.45, 2.75) is 20.3 Å². The van der Waals surface area contributed by atoms with Crippen LogP contribution in [0.3, 0.4) is 0 Å². The molecule has 0 fully saturated rings. The minimum atomic E-state index is -0.553. The third-order valence-corrected chi connectivity index (χ3v) is 4.79. The molecular weight excluding hydrogens is 391 g/mol. The van der Waals surface area contributed by atoms with Crippen LogP contribution in [0, 0.1) is 31.0 Å². The summed E-state index contributed by atoms with van der Waals surface area (Å²) in [7, 11) is 1.60. The van der Waals surface area contributed by atoms with Gasteiger partial charge in [0.2, 0.25) is 0 Å². The zero-order valence-corrected chi connectivity index (χ0v) is 17.7. The lowest BCUT2D eigenvalue weighted by Gasteiger charge is -2.11. The van der Waals surface area contributed by atoms with Gasteiger partial charge in [-0.1, -0.05) is 35.4 Å². The monoisotopic (exact) mass is 414 g/mol. The number of nitrogens with one attached hydrogen (secondary N) is 1. The minimum Gasteiger partial charge on any atom is -0.497 e. The van der Waals surface area contributed by atoms with E-state index in [2.05, 4.69) is 37.4 Å². The Hall–Kier alpha value is -3.91. The van der Waals surface area contributed by atoms with E-state index in [1.54, 1.807) is 19.3 Å². The predicted molar refractivity (Wildman–Crippen MR) is 120 cm³/mol. The number of nitriles is 1. The molecule has 1 amide bonds. The topological polar surface area (TPSA) is 62.1 Å². The van der Waals surface area contributed by atoms with Gasteiger partial charge in [-0.25, -0.2) is 4.39 Å². The molecule has 3 rings (SSSR count). The molecule has 3 aromatic carbocycles. The van der Waals surface area contributed by atoms with Crippen molar-refractivity contribution in [1.82, 2.24) is 0 Å².